The van der Waals surface area contributed by atoms with Crippen molar-refractivity contribution >= 4 is 46.3 Å². The van der Waals surface area contributed by atoms with E-state index in [-0.39, 0.29) is 18.6 Å². The SMILES string of the molecule is O=C(NCCn1nc(-c2cccs2)ccc1=O)Nc1cc(Cl)ccc1Cl. The lowest BCUT2D eigenvalue weighted by atomic mass is 10.3. The van der Waals surface area contributed by atoms with Gasteiger partial charge in [-0.15, -0.1) is 11.3 Å². The maximum atomic E-state index is 12.0. The van der Waals surface area contributed by atoms with Crippen molar-refractivity contribution < 1.29 is 4.79 Å². The van der Waals surface area contributed by atoms with Crippen molar-refractivity contribution in [2.24, 2.45) is 0 Å². The zero-order chi connectivity index (χ0) is 18.5. The van der Waals surface area contributed by atoms with Crippen LogP contribution in [0.15, 0.2) is 52.6 Å². The van der Waals surface area contributed by atoms with Crippen LogP contribution in [0.25, 0.3) is 10.6 Å². The molecule has 2 aromatic heterocycles. The molecule has 2 amide bonds. The Morgan fingerprint density at radius 2 is 2.04 bits per heavy atom. The first-order chi connectivity index (χ1) is 12.5. The van der Waals surface area contributed by atoms with Crippen LogP contribution in [0.1, 0.15) is 0 Å². The van der Waals surface area contributed by atoms with Gasteiger partial charge in [-0.2, -0.15) is 5.10 Å². The number of nitrogens with zero attached hydrogens (tertiary/aromatic N) is 2. The van der Waals surface area contributed by atoms with Crippen molar-refractivity contribution in [1.82, 2.24) is 15.1 Å². The standard InChI is InChI=1S/C17H14Cl2N4O2S/c18-11-3-4-12(19)14(10-11)21-17(25)20-7-8-23-16(24)6-5-13(22-23)15-2-1-9-26-15/h1-6,9-10H,7-8H2,(H2,20,21,25). The van der Waals surface area contributed by atoms with Gasteiger partial charge in [0, 0.05) is 17.6 Å². The summed E-state index contributed by atoms with van der Waals surface area (Å²) in [5.41, 5.74) is 0.895. The zero-order valence-corrected chi connectivity index (χ0v) is 15.7. The van der Waals surface area contributed by atoms with Gasteiger partial charge in [0.05, 0.1) is 22.1 Å². The Balaban J connectivity index is 1.59. The lowest BCUT2D eigenvalue weighted by molar-refractivity contribution is 0.251. The number of urea groups is 1. The molecule has 2 heterocycles. The second kappa shape index (κ2) is 8.35. The molecule has 134 valence electrons. The minimum Gasteiger partial charge on any atom is -0.336 e. The van der Waals surface area contributed by atoms with E-state index >= 15 is 0 Å². The lowest BCUT2D eigenvalue weighted by Crippen LogP contribution is -2.34. The van der Waals surface area contributed by atoms with Crippen LogP contribution in [-0.2, 0) is 6.54 Å². The molecule has 0 spiro atoms. The fourth-order valence-electron chi connectivity index (χ4n) is 2.20. The molecule has 0 unspecified atom stereocenters. The third-order valence-electron chi connectivity index (χ3n) is 3.43. The summed E-state index contributed by atoms with van der Waals surface area (Å²) in [7, 11) is 0. The third kappa shape index (κ3) is 4.63. The molecule has 3 rings (SSSR count). The molecule has 2 N–H and O–H groups in total. The number of aromatic nitrogens is 2. The van der Waals surface area contributed by atoms with E-state index in [4.69, 9.17) is 23.2 Å². The Kier molecular flexibility index (Phi) is 5.92. The van der Waals surface area contributed by atoms with Gasteiger partial charge in [-0.05, 0) is 35.7 Å². The maximum absolute atomic E-state index is 12.0. The highest BCUT2D eigenvalue weighted by molar-refractivity contribution is 7.13. The zero-order valence-electron chi connectivity index (χ0n) is 13.4. The number of anilines is 1. The van der Waals surface area contributed by atoms with Gasteiger partial charge in [0.15, 0.2) is 0 Å². The van der Waals surface area contributed by atoms with E-state index in [2.05, 4.69) is 15.7 Å². The summed E-state index contributed by atoms with van der Waals surface area (Å²) < 4.78 is 1.32. The molecule has 0 aliphatic heterocycles. The van der Waals surface area contributed by atoms with Crippen LogP contribution in [0.4, 0.5) is 10.5 Å². The minimum absolute atomic E-state index is 0.227. The Morgan fingerprint density at radius 1 is 1.19 bits per heavy atom. The normalized spacial score (nSPS) is 10.5. The summed E-state index contributed by atoms with van der Waals surface area (Å²) in [6, 6.07) is 11.3. The van der Waals surface area contributed by atoms with E-state index in [0.29, 0.717) is 15.7 Å². The molecule has 0 aliphatic rings. The predicted molar refractivity (Wildman–Crippen MR) is 105 cm³/mol. The number of hydrogen-bond donors (Lipinski definition) is 2. The van der Waals surface area contributed by atoms with Crippen LogP contribution in [0.2, 0.25) is 10.0 Å². The molecule has 1 aromatic carbocycles. The molecule has 0 aliphatic carbocycles. The van der Waals surface area contributed by atoms with Crippen LogP contribution in [0.3, 0.4) is 0 Å². The minimum atomic E-state index is -0.448. The van der Waals surface area contributed by atoms with E-state index in [0.717, 1.165) is 10.6 Å². The average molecular weight is 409 g/mol. The second-order valence-corrected chi connectivity index (χ2v) is 7.05. The van der Waals surface area contributed by atoms with Gasteiger partial charge in [0.2, 0.25) is 0 Å². The molecule has 0 saturated heterocycles. The Labute approximate surface area is 163 Å². The molecule has 0 fully saturated rings. The molecule has 0 atom stereocenters. The molecule has 26 heavy (non-hydrogen) atoms. The third-order valence-corrected chi connectivity index (χ3v) is 4.88. The summed E-state index contributed by atoms with van der Waals surface area (Å²) in [4.78, 5) is 24.9. The first-order valence-electron chi connectivity index (χ1n) is 7.65. The number of nitrogens with one attached hydrogen (secondary N) is 2. The summed E-state index contributed by atoms with van der Waals surface area (Å²) in [6.07, 6.45) is 0. The topological polar surface area (TPSA) is 76.0 Å². The van der Waals surface area contributed by atoms with E-state index < -0.39 is 6.03 Å². The van der Waals surface area contributed by atoms with Gasteiger partial charge in [0.1, 0.15) is 5.69 Å². The number of hydrogen-bond acceptors (Lipinski definition) is 4. The lowest BCUT2D eigenvalue weighted by Gasteiger charge is -2.10. The van der Waals surface area contributed by atoms with Crippen molar-refractivity contribution in [3.05, 3.63) is 68.2 Å². The van der Waals surface area contributed by atoms with Crippen molar-refractivity contribution in [3.63, 3.8) is 0 Å². The second-order valence-electron chi connectivity index (χ2n) is 5.26. The van der Waals surface area contributed by atoms with Crippen molar-refractivity contribution in [2.75, 3.05) is 11.9 Å². The maximum Gasteiger partial charge on any atom is 0.319 e. The Bertz CT molecular complexity index is 973. The molecule has 0 bridgehead atoms. The highest BCUT2D eigenvalue weighted by Crippen LogP contribution is 2.25. The predicted octanol–water partition coefficient (Wildman–Crippen LogP) is 4.10. The number of carbonyl (C=O) groups excluding carboxylic acids is 1. The summed E-state index contributed by atoms with van der Waals surface area (Å²) >= 11 is 13.4. The van der Waals surface area contributed by atoms with Gasteiger partial charge < -0.3 is 10.6 Å². The van der Waals surface area contributed by atoms with E-state index in [1.165, 1.54) is 10.7 Å². The van der Waals surface area contributed by atoms with Crippen molar-refractivity contribution in [3.8, 4) is 10.6 Å². The molecular formula is C17H14Cl2N4O2S. The van der Waals surface area contributed by atoms with Crippen LogP contribution >= 0.6 is 34.5 Å². The van der Waals surface area contributed by atoms with E-state index in [1.807, 2.05) is 17.5 Å². The molecule has 6 nitrogen and oxygen atoms in total. The molecule has 0 radical (unpaired) electrons. The monoisotopic (exact) mass is 408 g/mol. The van der Waals surface area contributed by atoms with Gasteiger partial charge in [-0.1, -0.05) is 29.3 Å². The molecule has 3 aromatic rings. The number of thiophene rings is 1. The first-order valence-corrected chi connectivity index (χ1v) is 9.28. The van der Waals surface area contributed by atoms with Crippen LogP contribution in [0, 0.1) is 0 Å². The molecule has 9 heteroatoms. The quantitative estimate of drug-likeness (QED) is 0.666. The van der Waals surface area contributed by atoms with Gasteiger partial charge in [0.25, 0.3) is 5.56 Å². The van der Waals surface area contributed by atoms with E-state index in [9.17, 15) is 9.59 Å². The Hall–Kier alpha value is -2.35. The average Bonchev–Trinajstić information content (AvgIpc) is 3.14. The van der Waals surface area contributed by atoms with Crippen LogP contribution in [0.5, 0.6) is 0 Å². The fraction of sp³-hybridized carbons (Fsp3) is 0.118. The fourth-order valence-corrected chi connectivity index (χ4v) is 3.23. The summed E-state index contributed by atoms with van der Waals surface area (Å²) in [6.45, 7) is 0.472. The number of carbonyl (C=O) groups is 1. The molecular weight excluding hydrogens is 395 g/mol. The van der Waals surface area contributed by atoms with Crippen LogP contribution < -0.4 is 16.2 Å². The van der Waals surface area contributed by atoms with E-state index in [1.54, 1.807) is 35.6 Å². The van der Waals surface area contributed by atoms with Gasteiger partial charge in [-0.25, -0.2) is 9.48 Å². The Morgan fingerprint density at radius 3 is 2.81 bits per heavy atom. The summed E-state index contributed by atoms with van der Waals surface area (Å²) in [5.74, 6) is 0. The summed E-state index contributed by atoms with van der Waals surface area (Å²) in [5, 5.41) is 12.4. The van der Waals surface area contributed by atoms with Gasteiger partial charge in [-0.3, -0.25) is 4.79 Å². The number of halogens is 2. The highest BCUT2D eigenvalue weighted by Gasteiger charge is 2.07. The first kappa shape index (κ1) is 18.4. The van der Waals surface area contributed by atoms with Crippen molar-refractivity contribution in [2.45, 2.75) is 6.54 Å². The number of benzene rings is 1. The largest absolute Gasteiger partial charge is 0.336 e. The molecule has 0 saturated carbocycles. The number of rotatable bonds is 5. The van der Waals surface area contributed by atoms with Crippen molar-refractivity contribution in [1.29, 1.82) is 0 Å². The smallest absolute Gasteiger partial charge is 0.319 e. The van der Waals surface area contributed by atoms with Gasteiger partial charge >= 0.3 is 6.03 Å². The highest BCUT2D eigenvalue weighted by atomic mass is 35.5. The van der Waals surface area contributed by atoms with Crippen LogP contribution in [-0.4, -0.2) is 22.4 Å². The number of amides is 2.